The van der Waals surface area contributed by atoms with Gasteiger partial charge in [0.2, 0.25) is 5.91 Å². The molecule has 1 amide bonds. The number of hydrogen-bond acceptors (Lipinski definition) is 3. The fraction of sp³-hybridized carbons (Fsp3) is 0.588. The van der Waals surface area contributed by atoms with Gasteiger partial charge in [-0.25, -0.2) is 0 Å². The summed E-state index contributed by atoms with van der Waals surface area (Å²) < 4.78 is 0. The van der Waals surface area contributed by atoms with Gasteiger partial charge in [-0.15, -0.1) is 0 Å². The van der Waals surface area contributed by atoms with E-state index in [0.29, 0.717) is 23.9 Å². The fourth-order valence-corrected chi connectivity index (χ4v) is 2.34. The molecule has 0 radical (unpaired) electrons. The maximum Gasteiger partial charge on any atom is 0.225 e. The van der Waals surface area contributed by atoms with Crippen molar-refractivity contribution < 1.29 is 4.79 Å². The highest BCUT2D eigenvalue weighted by molar-refractivity contribution is 5.90. The number of anilines is 2. The van der Waals surface area contributed by atoms with Crippen LogP contribution in [0.3, 0.4) is 0 Å². The Morgan fingerprint density at radius 2 is 1.62 bits per heavy atom. The van der Waals surface area contributed by atoms with Crippen LogP contribution in [0.4, 0.5) is 11.4 Å². The summed E-state index contributed by atoms with van der Waals surface area (Å²) in [6.07, 6.45) is 0.518. The van der Waals surface area contributed by atoms with E-state index in [-0.39, 0.29) is 5.91 Å². The zero-order valence-electron chi connectivity index (χ0n) is 13.7. The first-order valence-electron chi connectivity index (χ1n) is 7.74. The lowest BCUT2D eigenvalue weighted by atomic mass is 10.1. The Balaban J connectivity index is 2.43. The van der Waals surface area contributed by atoms with Crippen molar-refractivity contribution in [2.75, 3.05) is 30.7 Å². The maximum absolute atomic E-state index is 12.0. The van der Waals surface area contributed by atoms with Crippen molar-refractivity contribution in [2.24, 2.45) is 11.8 Å². The first kappa shape index (κ1) is 17.5. The third-order valence-corrected chi connectivity index (χ3v) is 3.10. The number of nitrogen functional groups attached to an aromatic ring is 1. The van der Waals surface area contributed by atoms with E-state index in [1.54, 1.807) is 12.1 Å². The minimum absolute atomic E-state index is 0.0530. The van der Waals surface area contributed by atoms with Crippen LogP contribution in [-0.2, 0) is 4.79 Å². The van der Waals surface area contributed by atoms with Crippen LogP contribution in [0, 0.1) is 11.8 Å². The topological polar surface area (TPSA) is 58.4 Å². The molecule has 1 aromatic rings. The van der Waals surface area contributed by atoms with Crippen LogP contribution in [0.1, 0.15) is 34.1 Å². The number of nitrogens with zero attached hydrogens (tertiary/aromatic N) is 1. The third-order valence-electron chi connectivity index (χ3n) is 3.10. The molecule has 118 valence electrons. The molecule has 0 aliphatic rings. The van der Waals surface area contributed by atoms with Crippen LogP contribution in [0.2, 0.25) is 0 Å². The molecule has 4 heteroatoms. The molecule has 0 aliphatic carbocycles. The van der Waals surface area contributed by atoms with Gasteiger partial charge < -0.3 is 16.0 Å². The van der Waals surface area contributed by atoms with Crippen molar-refractivity contribution in [3.8, 4) is 0 Å². The van der Waals surface area contributed by atoms with E-state index in [4.69, 9.17) is 5.73 Å². The highest BCUT2D eigenvalue weighted by Crippen LogP contribution is 2.11. The van der Waals surface area contributed by atoms with E-state index in [9.17, 15) is 4.79 Å². The molecule has 0 unspecified atom stereocenters. The lowest BCUT2D eigenvalue weighted by molar-refractivity contribution is -0.116. The van der Waals surface area contributed by atoms with Gasteiger partial charge in [-0.2, -0.15) is 0 Å². The summed E-state index contributed by atoms with van der Waals surface area (Å²) in [5.74, 6) is 1.28. The second kappa shape index (κ2) is 8.67. The van der Waals surface area contributed by atoms with Crippen molar-refractivity contribution in [2.45, 2.75) is 34.1 Å². The van der Waals surface area contributed by atoms with Gasteiger partial charge in [-0.3, -0.25) is 4.79 Å². The number of rotatable bonds is 8. The normalized spacial score (nSPS) is 11.4. The van der Waals surface area contributed by atoms with Crippen LogP contribution in [0.5, 0.6) is 0 Å². The van der Waals surface area contributed by atoms with E-state index < -0.39 is 0 Å². The SMILES string of the molecule is CC(C)CN(CCC(=O)Nc1ccc(N)cc1)CC(C)C. The molecule has 0 bridgehead atoms. The first-order valence-corrected chi connectivity index (χ1v) is 7.74. The molecule has 1 rings (SSSR count). The molecule has 0 heterocycles. The van der Waals surface area contributed by atoms with Gasteiger partial charge >= 0.3 is 0 Å². The molecule has 4 nitrogen and oxygen atoms in total. The van der Waals surface area contributed by atoms with Gasteiger partial charge in [0, 0.05) is 37.4 Å². The molecule has 21 heavy (non-hydrogen) atoms. The second-order valence-corrected chi connectivity index (χ2v) is 6.47. The largest absolute Gasteiger partial charge is 0.399 e. The van der Waals surface area contributed by atoms with E-state index in [1.807, 2.05) is 12.1 Å². The summed E-state index contributed by atoms with van der Waals surface area (Å²) >= 11 is 0. The highest BCUT2D eigenvalue weighted by atomic mass is 16.1. The van der Waals surface area contributed by atoms with E-state index in [2.05, 4.69) is 37.9 Å². The van der Waals surface area contributed by atoms with Crippen molar-refractivity contribution in [1.29, 1.82) is 0 Å². The lowest BCUT2D eigenvalue weighted by Gasteiger charge is -2.25. The summed E-state index contributed by atoms with van der Waals surface area (Å²) in [5, 5.41) is 2.91. The Bertz CT molecular complexity index is 416. The monoisotopic (exact) mass is 291 g/mol. The number of nitrogens with one attached hydrogen (secondary N) is 1. The van der Waals surface area contributed by atoms with Gasteiger partial charge in [0.15, 0.2) is 0 Å². The minimum atomic E-state index is 0.0530. The molecule has 1 aromatic carbocycles. The lowest BCUT2D eigenvalue weighted by Crippen LogP contribution is -2.34. The van der Waals surface area contributed by atoms with Gasteiger partial charge in [0.25, 0.3) is 0 Å². The summed E-state index contributed by atoms with van der Waals surface area (Å²) in [6.45, 7) is 11.7. The van der Waals surface area contributed by atoms with Crippen LogP contribution in [0.15, 0.2) is 24.3 Å². The Morgan fingerprint density at radius 3 is 2.10 bits per heavy atom. The van der Waals surface area contributed by atoms with Crippen molar-refractivity contribution >= 4 is 17.3 Å². The van der Waals surface area contributed by atoms with Crippen LogP contribution >= 0.6 is 0 Å². The molecule has 0 atom stereocenters. The maximum atomic E-state index is 12.0. The van der Waals surface area contributed by atoms with Crippen molar-refractivity contribution in [3.63, 3.8) is 0 Å². The van der Waals surface area contributed by atoms with Gasteiger partial charge in [-0.05, 0) is 36.1 Å². The van der Waals surface area contributed by atoms with Gasteiger partial charge in [-0.1, -0.05) is 27.7 Å². The molecular weight excluding hydrogens is 262 g/mol. The summed E-state index contributed by atoms with van der Waals surface area (Å²) in [6, 6.07) is 7.24. The molecular formula is C17H29N3O. The average molecular weight is 291 g/mol. The summed E-state index contributed by atoms with van der Waals surface area (Å²) in [7, 11) is 0. The Kier molecular flexibility index (Phi) is 7.23. The van der Waals surface area contributed by atoms with Gasteiger partial charge in [0.05, 0.1) is 0 Å². The van der Waals surface area contributed by atoms with Gasteiger partial charge in [0.1, 0.15) is 0 Å². The number of carbonyl (C=O) groups excluding carboxylic acids is 1. The molecule has 0 fully saturated rings. The Hall–Kier alpha value is -1.55. The number of amides is 1. The van der Waals surface area contributed by atoms with Crippen molar-refractivity contribution in [3.05, 3.63) is 24.3 Å². The minimum Gasteiger partial charge on any atom is -0.399 e. The zero-order chi connectivity index (χ0) is 15.8. The summed E-state index contributed by atoms with van der Waals surface area (Å²) in [5.41, 5.74) is 7.13. The zero-order valence-corrected chi connectivity index (χ0v) is 13.7. The molecule has 0 aliphatic heterocycles. The molecule has 0 saturated heterocycles. The predicted octanol–water partition coefficient (Wildman–Crippen LogP) is 3.21. The van der Waals surface area contributed by atoms with Crippen LogP contribution in [-0.4, -0.2) is 30.4 Å². The van der Waals surface area contributed by atoms with E-state index in [0.717, 1.165) is 25.3 Å². The van der Waals surface area contributed by atoms with Crippen LogP contribution in [0.25, 0.3) is 0 Å². The Morgan fingerprint density at radius 1 is 1.10 bits per heavy atom. The standard InChI is InChI=1S/C17H29N3O/c1-13(2)11-20(12-14(3)4)10-9-17(21)19-16-7-5-15(18)6-8-16/h5-8,13-14H,9-12,18H2,1-4H3,(H,19,21). The first-order chi connectivity index (χ1) is 9.86. The van der Waals surface area contributed by atoms with E-state index >= 15 is 0 Å². The molecule has 0 saturated carbocycles. The highest BCUT2D eigenvalue weighted by Gasteiger charge is 2.11. The molecule has 0 aromatic heterocycles. The van der Waals surface area contributed by atoms with Crippen LogP contribution < -0.4 is 11.1 Å². The number of carbonyl (C=O) groups is 1. The number of nitrogens with two attached hydrogens (primary N) is 1. The number of hydrogen-bond donors (Lipinski definition) is 2. The third kappa shape index (κ3) is 7.71. The fourth-order valence-electron chi connectivity index (χ4n) is 2.34. The second-order valence-electron chi connectivity index (χ2n) is 6.47. The summed E-state index contributed by atoms with van der Waals surface area (Å²) in [4.78, 5) is 14.4. The average Bonchev–Trinajstić information content (AvgIpc) is 2.37. The predicted molar refractivity (Wildman–Crippen MR) is 90.2 cm³/mol. The van der Waals surface area contributed by atoms with E-state index in [1.165, 1.54) is 0 Å². The van der Waals surface area contributed by atoms with Crippen molar-refractivity contribution in [1.82, 2.24) is 4.90 Å². The molecule has 3 N–H and O–H groups in total. The quantitative estimate of drug-likeness (QED) is 0.723. The number of benzene rings is 1. The Labute approximate surface area is 128 Å². The smallest absolute Gasteiger partial charge is 0.225 e. The molecule has 0 spiro atoms.